The van der Waals surface area contributed by atoms with Crippen LogP contribution < -0.4 is 4.23 Å². The number of rotatable bonds is 15. The fourth-order valence-electron chi connectivity index (χ4n) is 5.68. The number of aromatic nitrogens is 2. The van der Waals surface area contributed by atoms with Crippen molar-refractivity contribution in [2.24, 2.45) is 0 Å². The summed E-state index contributed by atoms with van der Waals surface area (Å²) in [6, 6.07) is 10.9. The van der Waals surface area contributed by atoms with E-state index >= 15 is 0 Å². The van der Waals surface area contributed by atoms with Gasteiger partial charge in [-0.15, -0.1) is 0 Å². The molecular weight excluding hydrogens is 362 g/mol. The van der Waals surface area contributed by atoms with Crippen molar-refractivity contribution in [3.05, 3.63) is 18.5 Å². The lowest BCUT2D eigenvalue weighted by Gasteiger charge is -2.55. The van der Waals surface area contributed by atoms with E-state index in [4.69, 9.17) is 0 Å². The van der Waals surface area contributed by atoms with E-state index in [0.29, 0.717) is 0 Å². The average molecular weight is 408 g/mol. The van der Waals surface area contributed by atoms with Crippen LogP contribution in [0.5, 0.6) is 0 Å². The smallest absolute Gasteiger partial charge is 0.147 e. The highest BCUT2D eigenvalue weighted by Crippen LogP contribution is 2.43. The molecule has 0 saturated carbocycles. The Morgan fingerprint density at radius 3 is 1.26 bits per heavy atom. The molecule has 27 heavy (non-hydrogen) atoms. The fraction of sp³-hybridized carbons (Fsp3) is 0.818. The standard InChI is InChI=1S/C22H45N3Si2/c1-7-15-26(16-8-2,17-9-3)25(22-13-14-23-24-21-22)27(18-10-4,19-11-5)20-12-6/h13-14,21H,7-12,15-20H2,1-6H3. The molecule has 0 spiro atoms. The molecule has 0 amide bonds. The van der Waals surface area contributed by atoms with Crippen molar-refractivity contribution >= 4 is 22.2 Å². The number of nitrogens with zero attached hydrogens (tertiary/aromatic N) is 3. The lowest BCUT2D eigenvalue weighted by molar-refractivity contribution is 0.872. The Bertz CT molecular complexity index is 436. The lowest BCUT2D eigenvalue weighted by Crippen LogP contribution is -2.67. The molecule has 0 aromatic carbocycles. The second-order valence-corrected chi connectivity index (χ2v) is 17.6. The molecule has 0 aliphatic carbocycles. The molecule has 156 valence electrons. The number of hydrogen-bond donors (Lipinski definition) is 0. The summed E-state index contributed by atoms with van der Waals surface area (Å²) in [5.74, 6) is 0. The first-order chi connectivity index (χ1) is 13.1. The summed E-state index contributed by atoms with van der Waals surface area (Å²) in [4.78, 5) is 0. The maximum Gasteiger partial charge on any atom is 0.147 e. The molecule has 1 aromatic heterocycles. The Hall–Kier alpha value is -0.686. The Morgan fingerprint density at radius 2 is 1.00 bits per heavy atom. The predicted molar refractivity (Wildman–Crippen MR) is 127 cm³/mol. The van der Waals surface area contributed by atoms with Crippen LogP contribution >= 0.6 is 0 Å². The van der Waals surface area contributed by atoms with Gasteiger partial charge in [-0.3, -0.25) is 0 Å². The third-order valence-corrected chi connectivity index (χ3v) is 19.9. The Balaban J connectivity index is 3.68. The molecule has 3 nitrogen and oxygen atoms in total. The van der Waals surface area contributed by atoms with Gasteiger partial charge in [0.1, 0.15) is 16.5 Å². The first-order valence-electron chi connectivity index (χ1n) is 11.7. The SMILES string of the molecule is CCC[Si](CCC)(CCC)N(c1ccnnc1)[Si](CCC)(CCC)CCC. The van der Waals surface area contributed by atoms with Crippen LogP contribution in [-0.4, -0.2) is 26.7 Å². The third-order valence-electron chi connectivity index (χ3n) is 6.07. The van der Waals surface area contributed by atoms with Gasteiger partial charge in [0.05, 0.1) is 12.4 Å². The lowest BCUT2D eigenvalue weighted by atomic mass is 10.5. The zero-order valence-electron chi connectivity index (χ0n) is 19.1. The molecule has 0 fully saturated rings. The van der Waals surface area contributed by atoms with Gasteiger partial charge in [-0.2, -0.15) is 10.2 Å². The highest BCUT2D eigenvalue weighted by atomic mass is 28.4. The quantitative estimate of drug-likeness (QED) is 0.280. The van der Waals surface area contributed by atoms with E-state index in [2.05, 4.69) is 68.2 Å². The number of hydrogen-bond acceptors (Lipinski definition) is 3. The molecule has 0 aliphatic heterocycles. The molecule has 0 unspecified atom stereocenters. The van der Waals surface area contributed by atoms with Crippen LogP contribution in [0.15, 0.2) is 18.5 Å². The first kappa shape index (κ1) is 24.4. The fourth-order valence-corrected chi connectivity index (χ4v) is 21.5. The number of anilines is 1. The van der Waals surface area contributed by atoms with E-state index in [-0.39, 0.29) is 0 Å². The van der Waals surface area contributed by atoms with Crippen molar-refractivity contribution in [2.75, 3.05) is 4.23 Å². The van der Waals surface area contributed by atoms with Crippen molar-refractivity contribution in [1.29, 1.82) is 0 Å². The topological polar surface area (TPSA) is 29.0 Å². The monoisotopic (exact) mass is 407 g/mol. The molecule has 0 radical (unpaired) electrons. The van der Waals surface area contributed by atoms with Gasteiger partial charge in [0, 0.05) is 5.69 Å². The summed E-state index contributed by atoms with van der Waals surface area (Å²) in [5, 5.41) is 8.47. The Morgan fingerprint density at radius 1 is 0.630 bits per heavy atom. The first-order valence-corrected chi connectivity index (χ1v) is 16.8. The van der Waals surface area contributed by atoms with Crippen molar-refractivity contribution in [2.45, 2.75) is 116 Å². The molecule has 0 aliphatic rings. The van der Waals surface area contributed by atoms with Crippen molar-refractivity contribution in [3.63, 3.8) is 0 Å². The largest absolute Gasteiger partial charge is 0.422 e. The van der Waals surface area contributed by atoms with E-state index in [0.717, 1.165) is 0 Å². The molecule has 1 aromatic rings. The zero-order valence-corrected chi connectivity index (χ0v) is 21.1. The van der Waals surface area contributed by atoms with Gasteiger partial charge in [0.25, 0.3) is 0 Å². The van der Waals surface area contributed by atoms with E-state index in [9.17, 15) is 0 Å². The minimum absolute atomic E-state index is 1.32. The zero-order chi connectivity index (χ0) is 20.2. The van der Waals surface area contributed by atoms with Crippen molar-refractivity contribution in [1.82, 2.24) is 10.2 Å². The highest BCUT2D eigenvalue weighted by molar-refractivity contribution is 7.02. The van der Waals surface area contributed by atoms with Gasteiger partial charge in [-0.05, 0) is 42.3 Å². The summed E-state index contributed by atoms with van der Waals surface area (Å²) in [5.41, 5.74) is 1.41. The molecule has 0 N–H and O–H groups in total. The van der Waals surface area contributed by atoms with Gasteiger partial charge < -0.3 is 4.23 Å². The second-order valence-electron chi connectivity index (χ2n) is 8.38. The van der Waals surface area contributed by atoms with Gasteiger partial charge in [0.15, 0.2) is 0 Å². The van der Waals surface area contributed by atoms with Crippen molar-refractivity contribution in [3.8, 4) is 0 Å². The Labute approximate surface area is 171 Å². The molecule has 1 heterocycles. The van der Waals surface area contributed by atoms with Crippen LogP contribution in [0, 0.1) is 0 Å². The van der Waals surface area contributed by atoms with Crippen LogP contribution in [-0.2, 0) is 0 Å². The van der Waals surface area contributed by atoms with E-state index in [1.54, 1.807) is 0 Å². The summed E-state index contributed by atoms with van der Waals surface area (Å²) in [6.45, 7) is 14.4. The van der Waals surface area contributed by atoms with Crippen molar-refractivity contribution < 1.29 is 0 Å². The highest BCUT2D eigenvalue weighted by Gasteiger charge is 2.48. The molecule has 0 saturated heterocycles. The molecule has 1 rings (SSSR count). The van der Waals surface area contributed by atoms with Gasteiger partial charge >= 0.3 is 0 Å². The van der Waals surface area contributed by atoms with Crippen LogP contribution in [0.1, 0.15) is 80.1 Å². The van der Waals surface area contributed by atoms with Gasteiger partial charge in [-0.25, -0.2) is 0 Å². The molecule has 0 bridgehead atoms. The van der Waals surface area contributed by atoms with Gasteiger partial charge in [-0.1, -0.05) is 80.1 Å². The minimum Gasteiger partial charge on any atom is -0.422 e. The summed E-state index contributed by atoms with van der Waals surface area (Å²) < 4.78 is 3.15. The van der Waals surface area contributed by atoms with Crippen LogP contribution in [0.25, 0.3) is 0 Å². The molecular formula is C22H45N3Si2. The summed E-state index contributed by atoms with van der Waals surface area (Å²) >= 11 is 0. The second kappa shape index (κ2) is 12.7. The summed E-state index contributed by atoms with van der Waals surface area (Å²) in [6.07, 6.45) is 11.9. The predicted octanol–water partition coefficient (Wildman–Crippen LogP) is 7.63. The maximum absolute atomic E-state index is 4.35. The van der Waals surface area contributed by atoms with Crippen LogP contribution in [0.3, 0.4) is 0 Å². The minimum atomic E-state index is -1.59. The van der Waals surface area contributed by atoms with Crippen LogP contribution in [0.4, 0.5) is 5.69 Å². The van der Waals surface area contributed by atoms with Gasteiger partial charge in [0.2, 0.25) is 0 Å². The normalized spacial score (nSPS) is 12.4. The average Bonchev–Trinajstić information content (AvgIpc) is 2.64. The van der Waals surface area contributed by atoms with E-state index < -0.39 is 16.5 Å². The van der Waals surface area contributed by atoms with Crippen LogP contribution in [0.2, 0.25) is 36.3 Å². The van der Waals surface area contributed by atoms with E-state index in [1.807, 2.05) is 6.20 Å². The maximum atomic E-state index is 4.35. The molecule has 5 heteroatoms. The molecule has 0 atom stereocenters. The third kappa shape index (κ3) is 6.15. The summed E-state index contributed by atoms with van der Waals surface area (Å²) in [7, 11) is -3.17. The van der Waals surface area contributed by atoms with E-state index in [1.165, 1.54) is 80.5 Å². The Kier molecular flexibility index (Phi) is 11.5.